The first-order valence-electron chi connectivity index (χ1n) is 8.16. The molecule has 1 heterocycles. The van der Waals surface area contributed by atoms with Crippen LogP contribution < -0.4 is 10.1 Å². The van der Waals surface area contributed by atoms with E-state index in [1.165, 1.54) is 11.3 Å². The second-order valence-corrected chi connectivity index (χ2v) is 7.75. The summed E-state index contributed by atoms with van der Waals surface area (Å²) in [6.07, 6.45) is 1.14. The molecule has 7 heteroatoms. The number of thioether (sulfide) groups is 1. The van der Waals surface area contributed by atoms with E-state index >= 15 is 0 Å². The van der Waals surface area contributed by atoms with Crippen molar-refractivity contribution in [2.75, 3.05) is 12.4 Å². The number of amides is 1. The van der Waals surface area contributed by atoms with Gasteiger partial charge in [0.25, 0.3) is 0 Å². The highest BCUT2D eigenvalue weighted by Gasteiger charge is 2.09. The quantitative estimate of drug-likeness (QED) is 0.460. The number of hydrogen-bond acceptors (Lipinski definition) is 6. The van der Waals surface area contributed by atoms with E-state index in [9.17, 15) is 4.79 Å². The number of nitrogens with one attached hydrogen (secondary N) is 1. The topological polar surface area (TPSA) is 64.1 Å². The number of nitrogens with zero attached hydrogens (tertiary/aromatic N) is 2. The van der Waals surface area contributed by atoms with Crippen LogP contribution in [0, 0.1) is 0 Å². The smallest absolute Gasteiger partial charge is 0.226 e. The number of carbonyl (C=O) groups excluding carboxylic acids is 1. The predicted octanol–water partition coefficient (Wildman–Crippen LogP) is 4.41. The van der Waals surface area contributed by atoms with Crippen molar-refractivity contribution in [3.63, 3.8) is 0 Å². The normalized spacial score (nSPS) is 10.5. The van der Waals surface area contributed by atoms with Crippen LogP contribution in [0.5, 0.6) is 5.75 Å². The first-order chi connectivity index (χ1) is 12.7. The summed E-state index contributed by atoms with van der Waals surface area (Å²) in [5.41, 5.74) is 2.30. The van der Waals surface area contributed by atoms with Crippen LogP contribution in [0.25, 0.3) is 0 Å². The largest absolute Gasteiger partial charge is 0.497 e. The van der Waals surface area contributed by atoms with E-state index in [4.69, 9.17) is 4.74 Å². The van der Waals surface area contributed by atoms with Gasteiger partial charge in [-0.25, -0.2) is 0 Å². The Bertz CT molecular complexity index is 853. The fourth-order valence-corrected chi connectivity index (χ4v) is 4.02. The molecule has 134 valence electrons. The van der Waals surface area contributed by atoms with E-state index in [2.05, 4.69) is 15.5 Å². The van der Waals surface area contributed by atoms with Crippen molar-refractivity contribution in [2.45, 2.75) is 22.9 Å². The molecule has 0 saturated carbocycles. The summed E-state index contributed by atoms with van der Waals surface area (Å²) in [7, 11) is 1.66. The van der Waals surface area contributed by atoms with Crippen LogP contribution in [0.15, 0.2) is 58.9 Å². The van der Waals surface area contributed by atoms with E-state index in [0.717, 1.165) is 27.0 Å². The average molecular weight is 386 g/mol. The molecule has 0 fully saturated rings. The number of ether oxygens (including phenoxy) is 1. The van der Waals surface area contributed by atoms with Crippen molar-refractivity contribution in [1.82, 2.24) is 10.2 Å². The minimum absolute atomic E-state index is 0.0469. The fraction of sp³-hybridized carbons (Fsp3) is 0.211. The van der Waals surface area contributed by atoms with Crippen LogP contribution >= 0.6 is 23.1 Å². The standard InChI is InChI=1S/C19H19N3O2S2/c1-24-16-9-5-8-15(12-16)13-25-19-22-21-18(26-19)20-17(23)11-10-14-6-3-2-4-7-14/h2-9,12H,10-11,13H2,1H3,(H,20,21,23). The van der Waals surface area contributed by atoms with Crippen LogP contribution in [0.3, 0.4) is 0 Å². The highest BCUT2D eigenvalue weighted by atomic mass is 32.2. The molecule has 1 amide bonds. The van der Waals surface area contributed by atoms with Gasteiger partial charge < -0.3 is 10.1 Å². The van der Waals surface area contributed by atoms with Gasteiger partial charge in [0.15, 0.2) is 4.34 Å². The van der Waals surface area contributed by atoms with Gasteiger partial charge in [-0.1, -0.05) is 65.6 Å². The maximum atomic E-state index is 12.1. The van der Waals surface area contributed by atoms with Crippen molar-refractivity contribution in [3.8, 4) is 5.75 Å². The Kier molecular flexibility index (Phi) is 6.62. The molecule has 0 bridgehead atoms. The zero-order valence-electron chi connectivity index (χ0n) is 14.3. The molecular formula is C19H19N3O2S2. The van der Waals surface area contributed by atoms with Crippen LogP contribution in [0.4, 0.5) is 5.13 Å². The van der Waals surface area contributed by atoms with Crippen molar-refractivity contribution in [1.29, 1.82) is 0 Å². The lowest BCUT2D eigenvalue weighted by Gasteiger charge is -2.02. The van der Waals surface area contributed by atoms with Gasteiger partial charge in [0.1, 0.15) is 5.75 Å². The third-order valence-corrected chi connectivity index (χ3v) is 5.68. The fourth-order valence-electron chi connectivity index (χ4n) is 2.31. The molecule has 0 unspecified atom stereocenters. The van der Waals surface area contributed by atoms with E-state index in [-0.39, 0.29) is 5.91 Å². The maximum Gasteiger partial charge on any atom is 0.226 e. The molecule has 0 radical (unpaired) electrons. The summed E-state index contributed by atoms with van der Waals surface area (Å²) in [6, 6.07) is 17.9. The predicted molar refractivity (Wildman–Crippen MR) is 106 cm³/mol. The lowest BCUT2D eigenvalue weighted by Crippen LogP contribution is -2.12. The third kappa shape index (κ3) is 5.57. The van der Waals surface area contributed by atoms with Gasteiger partial charge in [0.2, 0.25) is 11.0 Å². The molecule has 0 spiro atoms. The molecular weight excluding hydrogens is 366 g/mol. The van der Waals surface area contributed by atoms with E-state index in [0.29, 0.717) is 18.0 Å². The number of hydrogen-bond donors (Lipinski definition) is 1. The lowest BCUT2D eigenvalue weighted by atomic mass is 10.1. The van der Waals surface area contributed by atoms with E-state index in [1.54, 1.807) is 18.9 Å². The van der Waals surface area contributed by atoms with Gasteiger partial charge >= 0.3 is 0 Å². The molecule has 26 heavy (non-hydrogen) atoms. The summed E-state index contributed by atoms with van der Waals surface area (Å²) >= 11 is 2.98. The monoisotopic (exact) mass is 385 g/mol. The zero-order chi connectivity index (χ0) is 18.2. The number of rotatable bonds is 8. The number of benzene rings is 2. The van der Waals surface area contributed by atoms with Crippen LogP contribution in [-0.4, -0.2) is 23.2 Å². The Morgan fingerprint density at radius 2 is 1.92 bits per heavy atom. The Morgan fingerprint density at radius 1 is 1.12 bits per heavy atom. The Hall–Kier alpha value is -2.38. The molecule has 5 nitrogen and oxygen atoms in total. The highest BCUT2D eigenvalue weighted by Crippen LogP contribution is 2.29. The maximum absolute atomic E-state index is 12.1. The zero-order valence-corrected chi connectivity index (χ0v) is 16.0. The number of aromatic nitrogens is 2. The van der Waals surface area contributed by atoms with Crippen LogP contribution in [-0.2, 0) is 17.0 Å². The molecule has 0 aliphatic heterocycles. The van der Waals surface area contributed by atoms with Gasteiger partial charge in [-0.3, -0.25) is 4.79 Å². The summed E-state index contributed by atoms with van der Waals surface area (Å²) < 4.78 is 6.05. The molecule has 2 aromatic carbocycles. The second kappa shape index (κ2) is 9.35. The molecule has 1 aromatic heterocycles. The number of carbonyl (C=O) groups is 1. The minimum atomic E-state index is -0.0469. The summed E-state index contributed by atoms with van der Waals surface area (Å²) in [5.74, 6) is 1.56. The minimum Gasteiger partial charge on any atom is -0.497 e. The van der Waals surface area contributed by atoms with Crippen molar-refractivity contribution in [3.05, 3.63) is 65.7 Å². The Balaban J connectivity index is 1.47. The molecule has 3 aromatic rings. The van der Waals surface area contributed by atoms with Crippen molar-refractivity contribution >= 4 is 34.1 Å². The van der Waals surface area contributed by atoms with Crippen molar-refractivity contribution < 1.29 is 9.53 Å². The molecule has 0 aliphatic rings. The van der Waals surface area contributed by atoms with E-state index < -0.39 is 0 Å². The van der Waals surface area contributed by atoms with E-state index in [1.807, 2.05) is 54.6 Å². The molecule has 3 rings (SSSR count). The van der Waals surface area contributed by atoms with Gasteiger partial charge in [0.05, 0.1) is 7.11 Å². The SMILES string of the molecule is COc1cccc(CSc2nnc(NC(=O)CCc3ccccc3)s2)c1. The lowest BCUT2D eigenvalue weighted by molar-refractivity contribution is -0.116. The third-order valence-electron chi connectivity index (χ3n) is 3.63. The molecule has 1 N–H and O–H groups in total. The van der Waals surface area contributed by atoms with Gasteiger partial charge in [-0.15, -0.1) is 10.2 Å². The van der Waals surface area contributed by atoms with Gasteiger partial charge in [-0.2, -0.15) is 0 Å². The average Bonchev–Trinajstić information content (AvgIpc) is 3.13. The summed E-state index contributed by atoms with van der Waals surface area (Å²) in [6.45, 7) is 0. The Labute approximate surface area is 160 Å². The van der Waals surface area contributed by atoms with Crippen LogP contribution in [0.1, 0.15) is 17.5 Å². The molecule has 0 saturated heterocycles. The number of methoxy groups -OCH3 is 1. The summed E-state index contributed by atoms with van der Waals surface area (Å²) in [4.78, 5) is 12.1. The van der Waals surface area contributed by atoms with Gasteiger partial charge in [0, 0.05) is 12.2 Å². The first kappa shape index (κ1) is 18.4. The second-order valence-electron chi connectivity index (χ2n) is 5.55. The van der Waals surface area contributed by atoms with Gasteiger partial charge in [-0.05, 0) is 29.7 Å². The highest BCUT2D eigenvalue weighted by molar-refractivity contribution is 8.00. The number of aryl methyl sites for hydroxylation is 1. The van der Waals surface area contributed by atoms with Crippen LogP contribution in [0.2, 0.25) is 0 Å². The Morgan fingerprint density at radius 3 is 2.73 bits per heavy atom. The first-order valence-corrected chi connectivity index (χ1v) is 9.96. The number of anilines is 1. The van der Waals surface area contributed by atoms with Crippen molar-refractivity contribution in [2.24, 2.45) is 0 Å². The molecule has 0 aliphatic carbocycles. The summed E-state index contributed by atoms with van der Waals surface area (Å²) in [5, 5.41) is 11.5. The molecule has 0 atom stereocenters.